The molecular weight excluding hydrogens is 236 g/mol. The van der Waals surface area contributed by atoms with Crippen molar-refractivity contribution < 1.29 is 19.1 Å². The van der Waals surface area contributed by atoms with Gasteiger partial charge in [-0.1, -0.05) is 0 Å². The Balaban J connectivity index is 2.39. The third-order valence-corrected chi connectivity index (χ3v) is 3.02. The molecule has 6 nitrogen and oxygen atoms in total. The van der Waals surface area contributed by atoms with Gasteiger partial charge >= 0.3 is 12.1 Å². The molecule has 0 spiro atoms. The van der Waals surface area contributed by atoms with Crippen molar-refractivity contribution in [1.82, 2.24) is 9.80 Å². The van der Waals surface area contributed by atoms with E-state index in [1.54, 1.807) is 18.7 Å². The Kier molecular flexibility index (Phi) is 5.91. The Labute approximate surface area is 108 Å². The maximum atomic E-state index is 11.6. The summed E-state index contributed by atoms with van der Waals surface area (Å²) in [6.07, 6.45) is -0.277. The summed E-state index contributed by atoms with van der Waals surface area (Å²) < 4.78 is 9.92. The van der Waals surface area contributed by atoms with Gasteiger partial charge in [-0.2, -0.15) is 0 Å². The molecule has 1 saturated heterocycles. The Morgan fingerprint density at radius 1 is 1.06 bits per heavy atom. The maximum Gasteiger partial charge on any atom is 0.409 e. The summed E-state index contributed by atoms with van der Waals surface area (Å²) in [6, 6.07) is -0.255. The summed E-state index contributed by atoms with van der Waals surface area (Å²) in [6.45, 7) is 8.70. The second-order valence-electron chi connectivity index (χ2n) is 4.15. The Hall–Kier alpha value is -1.30. The molecule has 104 valence electrons. The van der Waals surface area contributed by atoms with Crippen LogP contribution in [0.5, 0.6) is 0 Å². The predicted octanol–water partition coefficient (Wildman–Crippen LogP) is 0.712. The third-order valence-electron chi connectivity index (χ3n) is 3.02. The van der Waals surface area contributed by atoms with Crippen LogP contribution in [0.1, 0.15) is 20.8 Å². The summed E-state index contributed by atoms with van der Waals surface area (Å²) in [5.74, 6) is -0.206. The van der Waals surface area contributed by atoms with Crippen LogP contribution < -0.4 is 0 Å². The monoisotopic (exact) mass is 258 g/mol. The zero-order chi connectivity index (χ0) is 13.5. The molecule has 1 amide bonds. The number of carbonyl (C=O) groups excluding carboxylic acids is 2. The third kappa shape index (κ3) is 3.87. The van der Waals surface area contributed by atoms with E-state index in [1.165, 1.54) is 0 Å². The molecule has 0 saturated carbocycles. The first-order valence-corrected chi connectivity index (χ1v) is 6.42. The van der Waals surface area contributed by atoms with Crippen molar-refractivity contribution in [2.75, 3.05) is 39.4 Å². The molecule has 0 aromatic carbocycles. The summed E-state index contributed by atoms with van der Waals surface area (Å²) in [5.41, 5.74) is 0. The average molecular weight is 258 g/mol. The Morgan fingerprint density at radius 3 is 2.11 bits per heavy atom. The minimum atomic E-state index is -0.277. The van der Waals surface area contributed by atoms with E-state index in [0.717, 1.165) is 0 Å². The zero-order valence-electron chi connectivity index (χ0n) is 11.3. The van der Waals surface area contributed by atoms with Crippen LogP contribution in [0.3, 0.4) is 0 Å². The van der Waals surface area contributed by atoms with Crippen molar-refractivity contribution in [2.24, 2.45) is 0 Å². The molecule has 1 heterocycles. The molecular formula is C12H22N2O4. The second-order valence-corrected chi connectivity index (χ2v) is 4.15. The fourth-order valence-electron chi connectivity index (χ4n) is 1.92. The number of hydrogen-bond donors (Lipinski definition) is 0. The lowest BCUT2D eigenvalue weighted by molar-refractivity contribution is -0.149. The lowest BCUT2D eigenvalue weighted by atomic mass is 10.2. The normalized spacial score (nSPS) is 18.3. The molecule has 0 radical (unpaired) electrons. The summed E-state index contributed by atoms with van der Waals surface area (Å²) >= 11 is 0. The van der Waals surface area contributed by atoms with Crippen LogP contribution in [0, 0.1) is 0 Å². The fourth-order valence-corrected chi connectivity index (χ4v) is 1.92. The second kappa shape index (κ2) is 7.20. The highest BCUT2D eigenvalue weighted by molar-refractivity contribution is 5.75. The minimum Gasteiger partial charge on any atom is -0.465 e. The Bertz CT molecular complexity index is 288. The summed E-state index contributed by atoms with van der Waals surface area (Å²) in [7, 11) is 0. The molecule has 1 fully saturated rings. The topological polar surface area (TPSA) is 59.1 Å². The molecule has 0 aromatic heterocycles. The number of hydrogen-bond acceptors (Lipinski definition) is 5. The highest BCUT2D eigenvalue weighted by Gasteiger charge is 2.28. The zero-order valence-corrected chi connectivity index (χ0v) is 11.3. The molecule has 0 N–H and O–H groups in total. The van der Waals surface area contributed by atoms with Crippen molar-refractivity contribution in [3.8, 4) is 0 Å². The molecule has 0 bridgehead atoms. The van der Waals surface area contributed by atoms with Gasteiger partial charge in [0.2, 0.25) is 0 Å². The number of piperazine rings is 1. The molecule has 1 rings (SSSR count). The lowest BCUT2D eigenvalue weighted by Gasteiger charge is -2.36. The number of amides is 1. The average Bonchev–Trinajstić information content (AvgIpc) is 2.38. The fraction of sp³-hybridized carbons (Fsp3) is 0.833. The van der Waals surface area contributed by atoms with E-state index in [0.29, 0.717) is 39.4 Å². The van der Waals surface area contributed by atoms with Gasteiger partial charge < -0.3 is 14.4 Å². The van der Waals surface area contributed by atoms with Crippen LogP contribution in [0.2, 0.25) is 0 Å². The van der Waals surface area contributed by atoms with Crippen molar-refractivity contribution in [3.05, 3.63) is 0 Å². The van der Waals surface area contributed by atoms with Crippen LogP contribution in [0.25, 0.3) is 0 Å². The van der Waals surface area contributed by atoms with Crippen molar-refractivity contribution in [3.63, 3.8) is 0 Å². The van der Waals surface area contributed by atoms with E-state index in [4.69, 9.17) is 9.47 Å². The highest BCUT2D eigenvalue weighted by Crippen LogP contribution is 2.08. The van der Waals surface area contributed by atoms with Crippen LogP contribution >= 0.6 is 0 Å². The first-order chi connectivity index (χ1) is 8.60. The largest absolute Gasteiger partial charge is 0.465 e. The van der Waals surface area contributed by atoms with Crippen molar-refractivity contribution in [2.45, 2.75) is 26.8 Å². The lowest BCUT2D eigenvalue weighted by Crippen LogP contribution is -2.53. The number of ether oxygens (including phenoxy) is 2. The van der Waals surface area contributed by atoms with E-state index in [1.807, 2.05) is 11.8 Å². The van der Waals surface area contributed by atoms with E-state index < -0.39 is 0 Å². The smallest absolute Gasteiger partial charge is 0.409 e. The van der Waals surface area contributed by atoms with E-state index in [9.17, 15) is 9.59 Å². The van der Waals surface area contributed by atoms with Gasteiger partial charge in [0.15, 0.2) is 0 Å². The minimum absolute atomic E-state index is 0.206. The van der Waals surface area contributed by atoms with Crippen LogP contribution in [-0.2, 0) is 14.3 Å². The molecule has 6 heteroatoms. The quantitative estimate of drug-likeness (QED) is 0.695. The molecule has 1 aliphatic rings. The first-order valence-electron chi connectivity index (χ1n) is 6.42. The first kappa shape index (κ1) is 14.8. The van der Waals surface area contributed by atoms with Gasteiger partial charge in [-0.15, -0.1) is 0 Å². The predicted molar refractivity (Wildman–Crippen MR) is 66.3 cm³/mol. The molecule has 0 aliphatic carbocycles. The number of nitrogens with zero attached hydrogens (tertiary/aromatic N) is 2. The van der Waals surface area contributed by atoms with Gasteiger partial charge in [0.05, 0.1) is 13.2 Å². The molecule has 1 aliphatic heterocycles. The Morgan fingerprint density at radius 2 is 1.61 bits per heavy atom. The van der Waals surface area contributed by atoms with Gasteiger partial charge in [0, 0.05) is 26.2 Å². The van der Waals surface area contributed by atoms with Crippen LogP contribution in [0.4, 0.5) is 4.79 Å². The van der Waals surface area contributed by atoms with Gasteiger partial charge in [-0.25, -0.2) is 4.79 Å². The van der Waals surface area contributed by atoms with E-state index >= 15 is 0 Å². The highest BCUT2D eigenvalue weighted by atomic mass is 16.6. The van der Waals surface area contributed by atoms with Gasteiger partial charge in [0.1, 0.15) is 6.04 Å². The van der Waals surface area contributed by atoms with Crippen LogP contribution in [-0.4, -0.2) is 67.3 Å². The molecule has 1 atom stereocenters. The number of carbonyl (C=O) groups is 2. The van der Waals surface area contributed by atoms with Crippen molar-refractivity contribution in [1.29, 1.82) is 0 Å². The van der Waals surface area contributed by atoms with E-state index in [-0.39, 0.29) is 18.1 Å². The molecule has 0 aromatic rings. The number of esters is 1. The van der Waals surface area contributed by atoms with Gasteiger partial charge in [-0.05, 0) is 20.8 Å². The maximum absolute atomic E-state index is 11.6. The summed E-state index contributed by atoms with van der Waals surface area (Å²) in [5, 5.41) is 0. The molecule has 18 heavy (non-hydrogen) atoms. The molecule has 0 unspecified atom stereocenters. The van der Waals surface area contributed by atoms with Gasteiger partial charge in [0.25, 0.3) is 0 Å². The van der Waals surface area contributed by atoms with Crippen LogP contribution in [0.15, 0.2) is 0 Å². The van der Waals surface area contributed by atoms with E-state index in [2.05, 4.69) is 0 Å². The number of rotatable bonds is 4. The van der Waals surface area contributed by atoms with Gasteiger partial charge in [-0.3, -0.25) is 9.69 Å². The summed E-state index contributed by atoms with van der Waals surface area (Å²) in [4.78, 5) is 26.8. The standard InChI is InChI=1S/C12H22N2O4/c1-4-17-11(15)10(3)13-6-8-14(9-7-13)12(16)18-5-2/h10H,4-9H2,1-3H3/t10-/m0/s1. The SMILES string of the molecule is CCOC(=O)[C@H](C)N1CCN(C(=O)OCC)CC1. The van der Waals surface area contributed by atoms with Crippen molar-refractivity contribution >= 4 is 12.1 Å².